The Balaban J connectivity index is 1.84. The zero-order chi connectivity index (χ0) is 23.2. The topological polar surface area (TPSA) is 67.4 Å². The molecule has 0 aliphatic carbocycles. The molecule has 0 radical (unpaired) electrons. The highest BCUT2D eigenvalue weighted by atomic mass is 16.5. The zero-order valence-electron chi connectivity index (χ0n) is 20.1. The molecular formula is C25H38N4O3. The monoisotopic (exact) mass is 442 g/mol. The van der Waals surface area contributed by atoms with Gasteiger partial charge in [0.1, 0.15) is 12.4 Å². The van der Waals surface area contributed by atoms with Crippen LogP contribution >= 0.6 is 0 Å². The average Bonchev–Trinajstić information content (AvgIpc) is 2.84. The molecule has 0 amide bonds. The van der Waals surface area contributed by atoms with Crippen molar-refractivity contribution in [1.29, 1.82) is 0 Å². The second-order valence-electron chi connectivity index (χ2n) is 7.27. The molecule has 2 N–H and O–H groups in total. The van der Waals surface area contributed by atoms with E-state index in [0.717, 1.165) is 66.9 Å². The number of nitrogens with one attached hydrogen (secondary N) is 2. The van der Waals surface area contributed by atoms with E-state index in [2.05, 4.69) is 40.4 Å². The smallest absolute Gasteiger partial charge is 0.191 e. The molecule has 2 rings (SSSR count). The van der Waals surface area contributed by atoms with Crippen LogP contribution in [0.1, 0.15) is 25.0 Å². The Morgan fingerprint density at radius 1 is 0.938 bits per heavy atom. The number of nitrogens with zero attached hydrogens (tertiary/aromatic N) is 2. The van der Waals surface area contributed by atoms with Crippen LogP contribution in [-0.4, -0.2) is 64.9 Å². The van der Waals surface area contributed by atoms with E-state index >= 15 is 0 Å². The van der Waals surface area contributed by atoms with Crippen LogP contribution in [0.3, 0.4) is 0 Å². The van der Waals surface area contributed by atoms with E-state index in [9.17, 15) is 0 Å². The van der Waals surface area contributed by atoms with Gasteiger partial charge in [0.2, 0.25) is 0 Å². The van der Waals surface area contributed by atoms with Crippen LogP contribution in [0.15, 0.2) is 47.5 Å². The van der Waals surface area contributed by atoms with Crippen molar-refractivity contribution in [2.24, 2.45) is 4.99 Å². The molecule has 0 heterocycles. The number of guanidine groups is 1. The maximum absolute atomic E-state index is 6.05. The molecule has 32 heavy (non-hydrogen) atoms. The maximum atomic E-state index is 6.05. The van der Waals surface area contributed by atoms with Gasteiger partial charge in [-0.2, -0.15) is 0 Å². The Bertz CT molecular complexity index is 838. The third-order valence-corrected chi connectivity index (χ3v) is 5.36. The second-order valence-corrected chi connectivity index (χ2v) is 7.27. The van der Waals surface area contributed by atoms with Crippen LogP contribution < -0.4 is 24.8 Å². The van der Waals surface area contributed by atoms with Crippen molar-refractivity contribution in [3.8, 4) is 17.2 Å². The van der Waals surface area contributed by atoms with Gasteiger partial charge in [0, 0.05) is 32.2 Å². The Hall–Kier alpha value is -2.93. The summed E-state index contributed by atoms with van der Waals surface area (Å²) >= 11 is 0. The van der Waals surface area contributed by atoms with Crippen LogP contribution in [0.5, 0.6) is 17.2 Å². The first-order valence-electron chi connectivity index (χ1n) is 11.2. The minimum Gasteiger partial charge on any atom is -0.493 e. The molecule has 0 aliphatic heterocycles. The van der Waals surface area contributed by atoms with Gasteiger partial charge in [-0.25, -0.2) is 0 Å². The van der Waals surface area contributed by atoms with Crippen LogP contribution in [0.25, 0.3) is 0 Å². The van der Waals surface area contributed by atoms with Crippen molar-refractivity contribution >= 4 is 5.96 Å². The van der Waals surface area contributed by atoms with Gasteiger partial charge in [-0.3, -0.25) is 4.99 Å². The largest absolute Gasteiger partial charge is 0.493 e. The Kier molecular flexibility index (Phi) is 11.2. The summed E-state index contributed by atoms with van der Waals surface area (Å²) in [5, 5.41) is 6.74. The summed E-state index contributed by atoms with van der Waals surface area (Å²) in [6, 6.07) is 14.1. The SMILES string of the molecule is CCN(CC)CCOc1ccccc1CNC(=NC)NCCc1ccc(OC)c(OC)c1. The summed E-state index contributed by atoms with van der Waals surface area (Å²) in [4.78, 5) is 6.69. The summed E-state index contributed by atoms with van der Waals surface area (Å²) in [7, 11) is 5.07. The van der Waals surface area contributed by atoms with E-state index in [0.29, 0.717) is 13.2 Å². The van der Waals surface area contributed by atoms with Crippen LogP contribution in [-0.2, 0) is 13.0 Å². The molecule has 176 valence electrons. The predicted molar refractivity (Wildman–Crippen MR) is 131 cm³/mol. The van der Waals surface area contributed by atoms with Crippen LogP contribution in [0.2, 0.25) is 0 Å². The molecule has 2 aromatic carbocycles. The zero-order valence-corrected chi connectivity index (χ0v) is 20.1. The first-order valence-corrected chi connectivity index (χ1v) is 11.2. The first kappa shape index (κ1) is 25.3. The van der Waals surface area contributed by atoms with Crippen molar-refractivity contribution in [3.05, 3.63) is 53.6 Å². The number of hydrogen-bond donors (Lipinski definition) is 2. The van der Waals surface area contributed by atoms with Crippen molar-refractivity contribution in [2.45, 2.75) is 26.8 Å². The van der Waals surface area contributed by atoms with Gasteiger partial charge >= 0.3 is 0 Å². The molecule has 7 nitrogen and oxygen atoms in total. The summed E-state index contributed by atoms with van der Waals surface area (Å²) in [6.45, 7) is 9.40. The van der Waals surface area contributed by atoms with Gasteiger partial charge in [-0.15, -0.1) is 0 Å². The number of rotatable bonds is 13. The average molecular weight is 443 g/mol. The lowest BCUT2D eigenvalue weighted by atomic mass is 10.1. The van der Waals surface area contributed by atoms with Crippen molar-refractivity contribution in [3.63, 3.8) is 0 Å². The van der Waals surface area contributed by atoms with E-state index in [4.69, 9.17) is 14.2 Å². The van der Waals surface area contributed by atoms with Crippen molar-refractivity contribution < 1.29 is 14.2 Å². The highest BCUT2D eigenvalue weighted by Gasteiger charge is 2.07. The lowest BCUT2D eigenvalue weighted by molar-refractivity contribution is 0.221. The van der Waals surface area contributed by atoms with Crippen LogP contribution in [0.4, 0.5) is 0 Å². The quantitative estimate of drug-likeness (QED) is 0.366. The standard InChI is InChI=1S/C25H38N4O3/c1-6-29(7-2)16-17-32-22-11-9-8-10-21(22)19-28-25(26-3)27-15-14-20-12-13-23(30-4)24(18-20)31-5/h8-13,18H,6-7,14-17,19H2,1-5H3,(H2,26,27,28). The van der Waals surface area contributed by atoms with Gasteiger partial charge in [-0.1, -0.05) is 38.1 Å². The number of para-hydroxylation sites is 1. The summed E-state index contributed by atoms with van der Waals surface area (Å²) in [6.07, 6.45) is 0.839. The predicted octanol–water partition coefficient (Wildman–Crippen LogP) is 3.33. The molecule has 0 atom stereocenters. The summed E-state index contributed by atoms with van der Waals surface area (Å²) in [5.41, 5.74) is 2.27. The van der Waals surface area contributed by atoms with Crippen molar-refractivity contribution in [2.75, 3.05) is 54.1 Å². The molecule has 2 aromatic rings. The van der Waals surface area contributed by atoms with Gasteiger partial charge in [0.05, 0.1) is 14.2 Å². The van der Waals surface area contributed by atoms with E-state index in [-0.39, 0.29) is 0 Å². The van der Waals surface area contributed by atoms with E-state index in [1.54, 1.807) is 21.3 Å². The normalized spacial score (nSPS) is 11.4. The fourth-order valence-electron chi connectivity index (χ4n) is 3.38. The third-order valence-electron chi connectivity index (χ3n) is 5.36. The fourth-order valence-corrected chi connectivity index (χ4v) is 3.38. The highest BCUT2D eigenvalue weighted by Crippen LogP contribution is 2.27. The Labute approximate surface area is 192 Å². The molecule has 0 unspecified atom stereocenters. The Morgan fingerprint density at radius 3 is 2.38 bits per heavy atom. The van der Waals surface area contributed by atoms with Gasteiger partial charge in [0.25, 0.3) is 0 Å². The third kappa shape index (κ3) is 7.96. The molecule has 7 heteroatoms. The molecule has 0 saturated heterocycles. The number of aliphatic imine (C=N–C) groups is 1. The minimum absolute atomic E-state index is 0.636. The van der Waals surface area contributed by atoms with Crippen molar-refractivity contribution in [1.82, 2.24) is 15.5 Å². The summed E-state index contributed by atoms with van der Waals surface area (Å²) < 4.78 is 16.7. The van der Waals surface area contributed by atoms with Gasteiger partial charge in [-0.05, 0) is 43.3 Å². The van der Waals surface area contributed by atoms with Gasteiger partial charge < -0.3 is 29.7 Å². The molecule has 0 bridgehead atoms. The Morgan fingerprint density at radius 2 is 1.69 bits per heavy atom. The number of methoxy groups -OCH3 is 2. The molecule has 0 aliphatic rings. The van der Waals surface area contributed by atoms with E-state index < -0.39 is 0 Å². The maximum Gasteiger partial charge on any atom is 0.191 e. The number of benzene rings is 2. The molecule has 0 spiro atoms. The summed E-state index contributed by atoms with van der Waals surface area (Å²) in [5.74, 6) is 3.14. The molecule has 0 fully saturated rings. The molecule has 0 aromatic heterocycles. The first-order chi connectivity index (χ1) is 15.6. The van der Waals surface area contributed by atoms with E-state index in [1.165, 1.54) is 0 Å². The van der Waals surface area contributed by atoms with Gasteiger partial charge in [0.15, 0.2) is 17.5 Å². The second kappa shape index (κ2) is 14.2. The van der Waals surface area contributed by atoms with E-state index in [1.807, 2.05) is 36.4 Å². The minimum atomic E-state index is 0.636. The lowest BCUT2D eigenvalue weighted by Crippen LogP contribution is -2.38. The number of hydrogen-bond acceptors (Lipinski definition) is 5. The molecular weight excluding hydrogens is 404 g/mol. The number of ether oxygens (including phenoxy) is 3. The highest BCUT2D eigenvalue weighted by molar-refractivity contribution is 5.79. The lowest BCUT2D eigenvalue weighted by Gasteiger charge is -2.19. The van der Waals surface area contributed by atoms with Crippen LogP contribution in [0, 0.1) is 0 Å². The fraction of sp³-hybridized carbons (Fsp3) is 0.480. The number of likely N-dealkylation sites (N-methyl/N-ethyl adjacent to an activating group) is 1. The molecule has 0 saturated carbocycles.